The first-order chi connectivity index (χ1) is 12.1. The van der Waals surface area contributed by atoms with Crippen molar-refractivity contribution >= 4 is 28.0 Å². The molecule has 3 N–H and O–H groups in total. The predicted octanol–water partition coefficient (Wildman–Crippen LogP) is 2.71. The standard InChI is InChI=1S/C18H17N5O2/c1-3-23-9-22-12-6-10(4-5-13(12)23)11-7-14(25-2)15(18(19)24)17-16(11)20-8-21-17/h4-9H,3H2,1-2H3,(H2,19,24)(H,20,21). The van der Waals surface area contributed by atoms with E-state index in [1.165, 1.54) is 7.11 Å². The van der Waals surface area contributed by atoms with E-state index in [1.807, 2.05) is 24.5 Å². The number of aromatic amines is 1. The summed E-state index contributed by atoms with van der Waals surface area (Å²) in [5, 5.41) is 0. The van der Waals surface area contributed by atoms with Crippen LogP contribution in [0.4, 0.5) is 0 Å². The van der Waals surface area contributed by atoms with E-state index in [-0.39, 0.29) is 0 Å². The Hall–Kier alpha value is -3.35. The van der Waals surface area contributed by atoms with Crippen molar-refractivity contribution < 1.29 is 9.53 Å². The smallest absolute Gasteiger partial charge is 0.254 e. The first-order valence-electron chi connectivity index (χ1n) is 7.93. The van der Waals surface area contributed by atoms with Gasteiger partial charge in [0.05, 0.1) is 41.8 Å². The maximum Gasteiger partial charge on any atom is 0.254 e. The normalized spacial score (nSPS) is 11.3. The lowest BCUT2D eigenvalue weighted by Gasteiger charge is -2.11. The minimum Gasteiger partial charge on any atom is -0.496 e. The van der Waals surface area contributed by atoms with Crippen LogP contribution in [-0.4, -0.2) is 32.5 Å². The molecule has 1 amide bonds. The fraction of sp³-hybridized carbons (Fsp3) is 0.167. The number of aryl methyl sites for hydroxylation is 1. The number of carbonyl (C=O) groups is 1. The van der Waals surface area contributed by atoms with E-state index in [0.717, 1.165) is 28.7 Å². The number of nitrogens with two attached hydrogens (primary N) is 1. The van der Waals surface area contributed by atoms with Crippen molar-refractivity contribution in [2.24, 2.45) is 5.73 Å². The number of imidazole rings is 2. The Kier molecular flexibility index (Phi) is 3.42. The molecule has 0 atom stereocenters. The molecule has 2 heterocycles. The molecular weight excluding hydrogens is 318 g/mol. The van der Waals surface area contributed by atoms with E-state index in [1.54, 1.807) is 12.4 Å². The maximum absolute atomic E-state index is 11.8. The van der Waals surface area contributed by atoms with Crippen LogP contribution in [0.2, 0.25) is 0 Å². The SMILES string of the molecule is CCn1cnc2cc(-c3cc(OC)c(C(N)=O)c4[nH]cnc34)ccc21. The zero-order chi connectivity index (χ0) is 17.6. The molecule has 0 aliphatic carbocycles. The second-order valence-electron chi connectivity index (χ2n) is 5.73. The average molecular weight is 335 g/mol. The minimum absolute atomic E-state index is 0.301. The highest BCUT2D eigenvalue weighted by Gasteiger charge is 2.20. The van der Waals surface area contributed by atoms with E-state index in [2.05, 4.69) is 26.4 Å². The Labute approximate surface area is 143 Å². The molecule has 7 nitrogen and oxygen atoms in total. The highest BCUT2D eigenvalue weighted by molar-refractivity contribution is 6.10. The first-order valence-corrected chi connectivity index (χ1v) is 7.93. The largest absolute Gasteiger partial charge is 0.496 e. The summed E-state index contributed by atoms with van der Waals surface area (Å²) in [7, 11) is 1.51. The number of hydrogen-bond donors (Lipinski definition) is 2. The van der Waals surface area contributed by atoms with Crippen LogP contribution in [0.1, 0.15) is 17.3 Å². The van der Waals surface area contributed by atoms with Crippen molar-refractivity contribution in [3.05, 3.63) is 42.5 Å². The number of aromatic nitrogens is 4. The number of H-pyrrole nitrogens is 1. The molecule has 0 radical (unpaired) electrons. The van der Waals surface area contributed by atoms with Gasteiger partial charge in [-0.1, -0.05) is 6.07 Å². The number of primary amides is 1. The summed E-state index contributed by atoms with van der Waals surface area (Å²) in [6.07, 6.45) is 3.37. The van der Waals surface area contributed by atoms with Crippen LogP contribution in [-0.2, 0) is 6.54 Å². The van der Waals surface area contributed by atoms with Gasteiger partial charge in [-0.25, -0.2) is 9.97 Å². The second-order valence-corrected chi connectivity index (χ2v) is 5.73. The van der Waals surface area contributed by atoms with Gasteiger partial charge in [-0.3, -0.25) is 4.79 Å². The van der Waals surface area contributed by atoms with Crippen LogP contribution in [0.15, 0.2) is 36.9 Å². The molecule has 0 spiro atoms. The van der Waals surface area contributed by atoms with Crippen LogP contribution in [0.5, 0.6) is 5.75 Å². The summed E-state index contributed by atoms with van der Waals surface area (Å²) in [6, 6.07) is 7.85. The number of carbonyl (C=O) groups excluding carboxylic acids is 1. The van der Waals surface area contributed by atoms with E-state index < -0.39 is 5.91 Å². The minimum atomic E-state index is -0.560. The van der Waals surface area contributed by atoms with Crippen molar-refractivity contribution in [3.63, 3.8) is 0 Å². The highest BCUT2D eigenvalue weighted by atomic mass is 16.5. The Morgan fingerprint density at radius 3 is 2.88 bits per heavy atom. The number of benzene rings is 2. The summed E-state index contributed by atoms with van der Waals surface area (Å²) in [5.41, 5.74) is 10.8. The van der Waals surface area contributed by atoms with Gasteiger partial charge in [0.25, 0.3) is 5.91 Å². The van der Waals surface area contributed by atoms with Crippen molar-refractivity contribution in [3.8, 4) is 16.9 Å². The Balaban J connectivity index is 1.99. The van der Waals surface area contributed by atoms with Crippen LogP contribution in [0, 0.1) is 0 Å². The molecule has 2 aromatic heterocycles. The van der Waals surface area contributed by atoms with Crippen LogP contribution in [0.3, 0.4) is 0 Å². The number of hydrogen-bond acceptors (Lipinski definition) is 4. The van der Waals surface area contributed by atoms with Crippen LogP contribution < -0.4 is 10.5 Å². The topological polar surface area (TPSA) is 98.8 Å². The summed E-state index contributed by atoms with van der Waals surface area (Å²) in [5.74, 6) is -0.145. The van der Waals surface area contributed by atoms with E-state index in [0.29, 0.717) is 22.3 Å². The number of methoxy groups -OCH3 is 1. The van der Waals surface area contributed by atoms with Gasteiger partial charge >= 0.3 is 0 Å². The monoisotopic (exact) mass is 335 g/mol. The fourth-order valence-electron chi connectivity index (χ4n) is 3.19. The fourth-order valence-corrected chi connectivity index (χ4v) is 3.19. The van der Waals surface area contributed by atoms with Crippen molar-refractivity contribution in [1.29, 1.82) is 0 Å². The van der Waals surface area contributed by atoms with Crippen LogP contribution in [0.25, 0.3) is 33.2 Å². The summed E-state index contributed by atoms with van der Waals surface area (Å²) >= 11 is 0. The molecule has 0 saturated heterocycles. The van der Waals surface area contributed by atoms with Crippen molar-refractivity contribution in [2.45, 2.75) is 13.5 Å². The third-order valence-electron chi connectivity index (χ3n) is 4.41. The van der Waals surface area contributed by atoms with Crippen LogP contribution >= 0.6 is 0 Å². The van der Waals surface area contributed by atoms with E-state index in [9.17, 15) is 4.79 Å². The van der Waals surface area contributed by atoms with E-state index in [4.69, 9.17) is 10.5 Å². The van der Waals surface area contributed by atoms with E-state index >= 15 is 0 Å². The molecule has 126 valence electrons. The second kappa shape index (κ2) is 5.62. The molecule has 0 aliphatic heterocycles. The lowest BCUT2D eigenvalue weighted by Crippen LogP contribution is -2.13. The molecule has 7 heteroatoms. The van der Waals surface area contributed by atoms with Gasteiger partial charge in [0.15, 0.2) is 0 Å². The van der Waals surface area contributed by atoms with Gasteiger partial charge < -0.3 is 20.0 Å². The molecule has 25 heavy (non-hydrogen) atoms. The maximum atomic E-state index is 11.8. The van der Waals surface area contributed by atoms with Gasteiger partial charge in [0, 0.05) is 12.1 Å². The average Bonchev–Trinajstić information content (AvgIpc) is 3.25. The number of nitrogens with one attached hydrogen (secondary N) is 1. The molecule has 0 aliphatic rings. The van der Waals surface area contributed by atoms with Gasteiger partial charge in [-0.05, 0) is 30.7 Å². The zero-order valence-electron chi connectivity index (χ0n) is 13.9. The third-order valence-corrected chi connectivity index (χ3v) is 4.41. The van der Waals surface area contributed by atoms with Crippen molar-refractivity contribution in [1.82, 2.24) is 19.5 Å². The summed E-state index contributed by atoms with van der Waals surface area (Å²) in [4.78, 5) is 23.7. The molecule has 4 rings (SSSR count). The quantitative estimate of drug-likeness (QED) is 0.599. The molecule has 4 aromatic rings. The first kappa shape index (κ1) is 15.2. The zero-order valence-corrected chi connectivity index (χ0v) is 13.9. The van der Waals surface area contributed by atoms with Crippen molar-refractivity contribution in [2.75, 3.05) is 7.11 Å². The van der Waals surface area contributed by atoms with Gasteiger partial charge in [0.2, 0.25) is 0 Å². The third kappa shape index (κ3) is 2.24. The number of fused-ring (bicyclic) bond motifs is 2. The molecule has 0 fully saturated rings. The van der Waals surface area contributed by atoms with Gasteiger partial charge in [0.1, 0.15) is 11.3 Å². The van der Waals surface area contributed by atoms with Gasteiger partial charge in [-0.2, -0.15) is 0 Å². The number of rotatable bonds is 4. The summed E-state index contributed by atoms with van der Waals surface area (Å²) < 4.78 is 7.47. The summed E-state index contributed by atoms with van der Waals surface area (Å²) in [6.45, 7) is 2.94. The lowest BCUT2D eigenvalue weighted by molar-refractivity contribution is 0.0999. The molecule has 0 saturated carbocycles. The molecule has 0 unspecified atom stereocenters. The molecular formula is C18H17N5O2. The number of amides is 1. The Morgan fingerprint density at radius 2 is 2.16 bits per heavy atom. The van der Waals surface area contributed by atoms with Gasteiger partial charge in [-0.15, -0.1) is 0 Å². The lowest BCUT2D eigenvalue weighted by atomic mass is 9.99. The predicted molar refractivity (Wildman–Crippen MR) is 95.6 cm³/mol. The number of ether oxygens (including phenoxy) is 1. The Morgan fingerprint density at radius 1 is 1.32 bits per heavy atom. The Bertz CT molecular complexity index is 1110. The molecule has 0 bridgehead atoms. The number of nitrogens with zero attached hydrogens (tertiary/aromatic N) is 3. The molecule has 2 aromatic carbocycles. The highest BCUT2D eigenvalue weighted by Crippen LogP contribution is 2.36.